The van der Waals surface area contributed by atoms with E-state index < -0.39 is 0 Å². The van der Waals surface area contributed by atoms with E-state index in [1.54, 1.807) is 7.11 Å². The predicted molar refractivity (Wildman–Crippen MR) is 114 cm³/mol. The summed E-state index contributed by atoms with van der Waals surface area (Å²) in [5.74, 6) is 2.36. The van der Waals surface area contributed by atoms with Crippen molar-refractivity contribution in [3.05, 3.63) is 66.5 Å². The van der Waals surface area contributed by atoms with Crippen molar-refractivity contribution in [1.29, 1.82) is 0 Å². The smallest absolute Gasteiger partial charge is 0.207 e. The molecular formula is C23H27N3O3. The second-order valence-corrected chi connectivity index (χ2v) is 6.70. The zero-order valence-electron chi connectivity index (χ0n) is 16.8. The van der Waals surface area contributed by atoms with Gasteiger partial charge >= 0.3 is 0 Å². The summed E-state index contributed by atoms with van der Waals surface area (Å²) >= 11 is 0. The molecule has 0 saturated heterocycles. The van der Waals surface area contributed by atoms with Crippen LogP contribution in [0.1, 0.15) is 24.2 Å². The van der Waals surface area contributed by atoms with Gasteiger partial charge in [0.2, 0.25) is 6.41 Å². The highest BCUT2D eigenvalue weighted by atomic mass is 16.5. The van der Waals surface area contributed by atoms with E-state index in [0.717, 1.165) is 59.7 Å². The van der Waals surface area contributed by atoms with Crippen molar-refractivity contribution in [2.75, 3.05) is 13.7 Å². The molecule has 29 heavy (non-hydrogen) atoms. The number of ether oxygens (including phenoxy) is 2. The molecule has 3 rings (SSSR count). The summed E-state index contributed by atoms with van der Waals surface area (Å²) in [6.07, 6.45) is 5.20. The van der Waals surface area contributed by atoms with Crippen LogP contribution >= 0.6 is 0 Å². The summed E-state index contributed by atoms with van der Waals surface area (Å²) < 4.78 is 13.5. The number of carbonyl (C=O) groups excluding carboxylic acids is 1. The van der Waals surface area contributed by atoms with Crippen LogP contribution in [0.2, 0.25) is 0 Å². The van der Waals surface area contributed by atoms with Crippen LogP contribution in [0, 0.1) is 0 Å². The first-order chi connectivity index (χ1) is 14.3. The van der Waals surface area contributed by atoms with E-state index in [4.69, 9.17) is 9.47 Å². The molecule has 0 radical (unpaired) electrons. The number of rotatable bonds is 12. The van der Waals surface area contributed by atoms with Crippen molar-refractivity contribution in [3.8, 4) is 11.5 Å². The minimum Gasteiger partial charge on any atom is -0.493 e. The average Bonchev–Trinajstić information content (AvgIpc) is 3.10. The maximum Gasteiger partial charge on any atom is 0.207 e. The monoisotopic (exact) mass is 393 g/mol. The van der Waals surface area contributed by atoms with Crippen LogP contribution in [-0.2, 0) is 24.3 Å². The van der Waals surface area contributed by atoms with E-state index in [9.17, 15) is 4.79 Å². The van der Waals surface area contributed by atoms with Crippen molar-refractivity contribution < 1.29 is 14.3 Å². The summed E-state index contributed by atoms with van der Waals surface area (Å²) in [7, 11) is 1.65. The molecular weight excluding hydrogens is 366 g/mol. The Morgan fingerprint density at radius 2 is 2.03 bits per heavy atom. The van der Waals surface area contributed by atoms with Gasteiger partial charge in [0.25, 0.3) is 0 Å². The number of aromatic nitrogens is 2. The molecule has 0 bridgehead atoms. The third-order valence-corrected chi connectivity index (χ3v) is 4.72. The van der Waals surface area contributed by atoms with Gasteiger partial charge in [0.15, 0.2) is 11.5 Å². The zero-order valence-corrected chi connectivity index (χ0v) is 16.8. The molecule has 0 aliphatic carbocycles. The van der Waals surface area contributed by atoms with E-state index in [-0.39, 0.29) is 0 Å². The number of allylic oxidation sites excluding steroid dienone is 1. The fourth-order valence-electron chi connectivity index (χ4n) is 3.32. The van der Waals surface area contributed by atoms with Crippen LogP contribution in [0.4, 0.5) is 0 Å². The third-order valence-electron chi connectivity index (χ3n) is 4.72. The molecule has 0 spiro atoms. The molecule has 1 N–H and O–H groups in total. The Hall–Kier alpha value is -3.28. The number of carbonyl (C=O) groups is 1. The Labute approximate surface area is 171 Å². The molecule has 0 aliphatic heterocycles. The van der Waals surface area contributed by atoms with Crippen LogP contribution in [0.15, 0.2) is 55.1 Å². The van der Waals surface area contributed by atoms with Crippen molar-refractivity contribution in [3.63, 3.8) is 0 Å². The Kier molecular flexibility index (Phi) is 7.28. The summed E-state index contributed by atoms with van der Waals surface area (Å²) in [4.78, 5) is 15.3. The number of benzene rings is 2. The Morgan fingerprint density at radius 1 is 1.17 bits per heavy atom. The van der Waals surface area contributed by atoms with E-state index in [2.05, 4.69) is 27.5 Å². The van der Waals surface area contributed by atoms with Gasteiger partial charge in [0.1, 0.15) is 5.82 Å². The van der Waals surface area contributed by atoms with Crippen LogP contribution < -0.4 is 14.8 Å². The topological polar surface area (TPSA) is 65.4 Å². The fraction of sp³-hybridized carbons (Fsp3) is 0.304. The molecule has 2 aromatic carbocycles. The maximum atomic E-state index is 10.7. The minimum absolute atomic E-state index is 0.420. The normalized spacial score (nSPS) is 10.7. The van der Waals surface area contributed by atoms with Gasteiger partial charge in [0, 0.05) is 6.54 Å². The van der Waals surface area contributed by atoms with E-state index in [1.807, 2.05) is 42.5 Å². The minimum atomic E-state index is 0.420. The summed E-state index contributed by atoms with van der Waals surface area (Å²) in [5.41, 5.74) is 3.17. The maximum absolute atomic E-state index is 10.7. The van der Waals surface area contributed by atoms with Crippen molar-refractivity contribution >= 4 is 17.4 Å². The van der Waals surface area contributed by atoms with Crippen LogP contribution in [0.5, 0.6) is 11.5 Å². The molecule has 6 nitrogen and oxygen atoms in total. The Morgan fingerprint density at radius 3 is 2.83 bits per heavy atom. The lowest BCUT2D eigenvalue weighted by molar-refractivity contribution is -0.109. The summed E-state index contributed by atoms with van der Waals surface area (Å²) in [6, 6.07) is 14.0. The number of hydrogen-bond acceptors (Lipinski definition) is 4. The number of aryl methyl sites for hydroxylation is 1. The number of methoxy groups -OCH3 is 1. The van der Waals surface area contributed by atoms with Crippen LogP contribution in [0.25, 0.3) is 11.0 Å². The quantitative estimate of drug-likeness (QED) is 0.288. The van der Waals surface area contributed by atoms with Crippen molar-refractivity contribution in [1.82, 2.24) is 14.9 Å². The molecule has 1 amide bonds. The number of unbranched alkanes of at least 4 members (excludes halogenated alkanes) is 1. The van der Waals surface area contributed by atoms with Crippen LogP contribution in [-0.4, -0.2) is 29.7 Å². The summed E-state index contributed by atoms with van der Waals surface area (Å²) in [5, 5.41) is 2.71. The fourth-order valence-corrected chi connectivity index (χ4v) is 3.32. The molecule has 1 heterocycles. The standard InChI is InChI=1S/C23H27N3O3/c1-3-8-18-11-12-21(22(15-18)28-2)29-14-7-6-13-26-20-10-5-4-9-19(20)25-23(26)16-24-17-27/h3-5,9-12,15,17H,1,6-8,13-14,16H2,2H3,(H,24,27). The number of nitrogens with zero attached hydrogens (tertiary/aromatic N) is 2. The second kappa shape index (κ2) is 10.3. The second-order valence-electron chi connectivity index (χ2n) is 6.70. The number of fused-ring (bicyclic) bond motifs is 1. The largest absolute Gasteiger partial charge is 0.493 e. The predicted octanol–water partition coefficient (Wildman–Crippen LogP) is 3.88. The van der Waals surface area contributed by atoms with E-state index in [1.165, 1.54) is 0 Å². The molecule has 0 aliphatic rings. The molecule has 3 aromatic rings. The first-order valence-corrected chi connectivity index (χ1v) is 9.78. The molecule has 1 aromatic heterocycles. The first kappa shape index (κ1) is 20.5. The molecule has 0 saturated carbocycles. The first-order valence-electron chi connectivity index (χ1n) is 9.78. The van der Waals surface area contributed by atoms with Gasteiger partial charge < -0.3 is 19.4 Å². The van der Waals surface area contributed by atoms with E-state index >= 15 is 0 Å². The molecule has 152 valence electrons. The SMILES string of the molecule is C=CCc1ccc(OCCCCn2c(CNC=O)nc3ccccc32)c(OC)c1. The highest BCUT2D eigenvalue weighted by Crippen LogP contribution is 2.28. The molecule has 0 atom stereocenters. The van der Waals surface area contributed by atoms with E-state index in [0.29, 0.717) is 19.6 Å². The lowest BCUT2D eigenvalue weighted by atomic mass is 10.1. The highest BCUT2D eigenvalue weighted by molar-refractivity contribution is 5.75. The van der Waals surface area contributed by atoms with Gasteiger partial charge in [-0.1, -0.05) is 24.3 Å². The van der Waals surface area contributed by atoms with Crippen molar-refractivity contribution in [2.24, 2.45) is 0 Å². The van der Waals surface area contributed by atoms with Gasteiger partial charge in [-0.05, 0) is 49.1 Å². The van der Waals surface area contributed by atoms with Gasteiger partial charge in [0.05, 0.1) is 31.3 Å². The number of para-hydroxylation sites is 2. The Balaban J connectivity index is 1.57. The van der Waals surface area contributed by atoms with Gasteiger partial charge in [-0.15, -0.1) is 6.58 Å². The lowest BCUT2D eigenvalue weighted by Gasteiger charge is -2.13. The Bertz CT molecular complexity index is 965. The third kappa shape index (κ3) is 5.16. The van der Waals surface area contributed by atoms with Gasteiger partial charge in [-0.2, -0.15) is 0 Å². The molecule has 0 fully saturated rings. The van der Waals surface area contributed by atoms with Crippen LogP contribution in [0.3, 0.4) is 0 Å². The van der Waals surface area contributed by atoms with Crippen molar-refractivity contribution in [2.45, 2.75) is 32.4 Å². The highest BCUT2D eigenvalue weighted by Gasteiger charge is 2.10. The summed E-state index contributed by atoms with van der Waals surface area (Å²) in [6.45, 7) is 5.60. The lowest BCUT2D eigenvalue weighted by Crippen LogP contribution is -2.15. The number of amides is 1. The van der Waals surface area contributed by atoms with Gasteiger partial charge in [-0.25, -0.2) is 4.98 Å². The number of imidazole rings is 1. The molecule has 0 unspecified atom stereocenters. The zero-order chi connectivity index (χ0) is 20.5. The number of hydrogen-bond donors (Lipinski definition) is 1. The number of nitrogens with one attached hydrogen (secondary N) is 1. The molecule has 6 heteroatoms. The van der Waals surface area contributed by atoms with Gasteiger partial charge in [-0.3, -0.25) is 4.79 Å². The average molecular weight is 393 g/mol.